The number of anilines is 1. The summed E-state index contributed by atoms with van der Waals surface area (Å²) in [5.41, 5.74) is 2.93. The molecule has 1 N–H and O–H groups in total. The van der Waals surface area contributed by atoms with Gasteiger partial charge in [-0.05, 0) is 49.2 Å². The molecule has 0 aliphatic carbocycles. The summed E-state index contributed by atoms with van der Waals surface area (Å²) in [6, 6.07) is 13.4. The number of hydrogen-bond donors (Lipinski definition) is 1. The van der Waals surface area contributed by atoms with E-state index in [0.29, 0.717) is 16.7 Å². The maximum Gasteiger partial charge on any atom is 0.234 e. The zero-order valence-corrected chi connectivity index (χ0v) is 16.3. The topological polar surface area (TPSA) is 77.9 Å². The third kappa shape index (κ3) is 3.59. The average Bonchev–Trinajstić information content (AvgIpc) is 3.43. The van der Waals surface area contributed by atoms with Crippen molar-refractivity contribution in [3.8, 4) is 11.6 Å². The number of nitrogens with one attached hydrogen (secondary N) is 1. The molecular weight excluding hydrogens is 374 g/mol. The van der Waals surface area contributed by atoms with Gasteiger partial charge in [-0.25, -0.2) is 4.68 Å². The molecule has 0 bridgehead atoms. The van der Waals surface area contributed by atoms with Crippen LogP contribution in [0.3, 0.4) is 0 Å². The second-order valence-electron chi connectivity index (χ2n) is 6.26. The number of aromatic nitrogens is 4. The molecule has 1 aromatic carbocycles. The van der Waals surface area contributed by atoms with Gasteiger partial charge in [0.2, 0.25) is 16.9 Å². The molecule has 3 aromatic heterocycles. The maximum atomic E-state index is 12.5. The molecule has 4 rings (SSSR count). The zero-order chi connectivity index (χ0) is 19.5. The molecule has 8 heteroatoms. The minimum absolute atomic E-state index is 0.0935. The van der Waals surface area contributed by atoms with Crippen LogP contribution in [-0.2, 0) is 4.79 Å². The fourth-order valence-electron chi connectivity index (χ4n) is 2.90. The fraction of sp³-hybridized carbons (Fsp3) is 0.150. The van der Waals surface area contributed by atoms with Crippen molar-refractivity contribution in [1.82, 2.24) is 19.5 Å². The number of hydrogen-bond acceptors (Lipinski definition) is 5. The lowest BCUT2D eigenvalue weighted by molar-refractivity contribution is -0.113. The molecule has 0 saturated heterocycles. The Kier molecular flexibility index (Phi) is 5.03. The Morgan fingerprint density at radius 1 is 1.07 bits per heavy atom. The van der Waals surface area contributed by atoms with E-state index in [2.05, 4.69) is 15.5 Å². The van der Waals surface area contributed by atoms with Crippen molar-refractivity contribution < 1.29 is 9.21 Å². The number of thioether (sulfide) groups is 1. The average molecular weight is 393 g/mol. The Bertz CT molecular complexity index is 1060. The minimum Gasteiger partial charge on any atom is -0.461 e. The molecule has 0 saturated carbocycles. The van der Waals surface area contributed by atoms with E-state index in [1.807, 2.05) is 72.0 Å². The molecule has 3 heterocycles. The zero-order valence-electron chi connectivity index (χ0n) is 15.5. The highest BCUT2D eigenvalue weighted by Crippen LogP contribution is 2.25. The Morgan fingerprint density at radius 3 is 2.50 bits per heavy atom. The van der Waals surface area contributed by atoms with E-state index in [1.54, 1.807) is 12.3 Å². The summed E-state index contributed by atoms with van der Waals surface area (Å²) in [6.45, 7) is 3.96. The van der Waals surface area contributed by atoms with Gasteiger partial charge in [0.25, 0.3) is 0 Å². The molecule has 7 nitrogen and oxygen atoms in total. The van der Waals surface area contributed by atoms with Gasteiger partial charge >= 0.3 is 0 Å². The van der Waals surface area contributed by atoms with Crippen LogP contribution in [0.25, 0.3) is 11.6 Å². The van der Waals surface area contributed by atoms with Crippen LogP contribution >= 0.6 is 11.8 Å². The number of amides is 1. The number of furan rings is 1. The first-order valence-corrected chi connectivity index (χ1v) is 9.74. The second kappa shape index (κ2) is 7.77. The Labute approximate surface area is 166 Å². The van der Waals surface area contributed by atoms with Crippen molar-refractivity contribution in [1.29, 1.82) is 0 Å². The predicted octanol–water partition coefficient (Wildman–Crippen LogP) is 4.00. The standard InChI is InChI=1S/C20H19N5O2S/c1-14-7-5-8-15(2)18(14)21-17(26)13-28-20-23-22-19(16-9-6-12-27-16)25(20)24-10-3-4-11-24/h3-12H,13H2,1-2H3,(H,21,26). The van der Waals surface area contributed by atoms with Crippen LogP contribution in [0.5, 0.6) is 0 Å². The van der Waals surface area contributed by atoms with Gasteiger partial charge in [-0.2, -0.15) is 0 Å². The molecule has 0 aliphatic rings. The first-order valence-electron chi connectivity index (χ1n) is 8.75. The summed E-state index contributed by atoms with van der Waals surface area (Å²) >= 11 is 1.32. The molecule has 1 amide bonds. The number of rotatable bonds is 6. The number of aryl methyl sites for hydroxylation is 2. The lowest BCUT2D eigenvalue weighted by Crippen LogP contribution is -2.17. The molecule has 0 atom stereocenters. The molecule has 0 unspecified atom stereocenters. The number of benzene rings is 1. The quantitative estimate of drug-likeness (QED) is 0.501. The number of para-hydroxylation sites is 1. The third-order valence-corrected chi connectivity index (χ3v) is 5.17. The Hall–Kier alpha value is -3.26. The van der Waals surface area contributed by atoms with E-state index in [-0.39, 0.29) is 11.7 Å². The number of nitrogens with zero attached hydrogens (tertiary/aromatic N) is 4. The highest BCUT2D eigenvalue weighted by molar-refractivity contribution is 7.99. The molecule has 0 aliphatic heterocycles. The number of carbonyl (C=O) groups excluding carboxylic acids is 1. The minimum atomic E-state index is -0.0935. The van der Waals surface area contributed by atoms with Crippen molar-refractivity contribution in [3.05, 3.63) is 72.2 Å². The van der Waals surface area contributed by atoms with Crippen LogP contribution < -0.4 is 5.32 Å². The van der Waals surface area contributed by atoms with E-state index >= 15 is 0 Å². The summed E-state index contributed by atoms with van der Waals surface area (Å²) in [7, 11) is 0. The van der Waals surface area contributed by atoms with Crippen molar-refractivity contribution >= 4 is 23.4 Å². The van der Waals surface area contributed by atoms with Gasteiger partial charge in [0.1, 0.15) is 0 Å². The summed E-state index contributed by atoms with van der Waals surface area (Å²) in [4.78, 5) is 12.5. The van der Waals surface area contributed by atoms with E-state index in [9.17, 15) is 4.79 Å². The fourth-order valence-corrected chi connectivity index (χ4v) is 3.63. The van der Waals surface area contributed by atoms with E-state index in [1.165, 1.54) is 11.8 Å². The SMILES string of the molecule is Cc1cccc(C)c1NC(=O)CSc1nnc(-c2ccco2)n1-n1cccc1. The highest BCUT2D eigenvalue weighted by Gasteiger charge is 2.19. The van der Waals surface area contributed by atoms with Gasteiger partial charge < -0.3 is 9.73 Å². The van der Waals surface area contributed by atoms with Crippen LogP contribution in [0.2, 0.25) is 0 Å². The predicted molar refractivity (Wildman–Crippen MR) is 108 cm³/mol. The molecule has 28 heavy (non-hydrogen) atoms. The lowest BCUT2D eigenvalue weighted by Gasteiger charge is -2.12. The van der Waals surface area contributed by atoms with E-state index in [4.69, 9.17) is 4.42 Å². The van der Waals surface area contributed by atoms with Crippen LogP contribution in [0.1, 0.15) is 11.1 Å². The van der Waals surface area contributed by atoms with Gasteiger partial charge in [-0.3, -0.25) is 9.47 Å². The number of carbonyl (C=O) groups is 1. The van der Waals surface area contributed by atoms with Crippen LogP contribution in [0, 0.1) is 13.8 Å². The van der Waals surface area contributed by atoms with Crippen molar-refractivity contribution in [2.24, 2.45) is 0 Å². The van der Waals surface area contributed by atoms with Crippen molar-refractivity contribution in [2.75, 3.05) is 11.1 Å². The molecule has 142 valence electrons. The van der Waals surface area contributed by atoms with Crippen molar-refractivity contribution in [3.63, 3.8) is 0 Å². The normalized spacial score (nSPS) is 10.9. The monoisotopic (exact) mass is 393 g/mol. The van der Waals surface area contributed by atoms with Gasteiger partial charge in [-0.15, -0.1) is 10.2 Å². The second-order valence-corrected chi connectivity index (χ2v) is 7.20. The van der Waals surface area contributed by atoms with Gasteiger partial charge in [0, 0.05) is 18.1 Å². The molecule has 0 radical (unpaired) electrons. The first-order chi connectivity index (χ1) is 13.6. The van der Waals surface area contributed by atoms with Crippen LogP contribution in [-0.4, -0.2) is 31.2 Å². The van der Waals surface area contributed by atoms with E-state index < -0.39 is 0 Å². The largest absolute Gasteiger partial charge is 0.461 e. The van der Waals surface area contributed by atoms with E-state index in [0.717, 1.165) is 16.8 Å². The Balaban J connectivity index is 1.55. The van der Waals surface area contributed by atoms with Crippen LogP contribution in [0.15, 0.2) is 70.7 Å². The van der Waals surface area contributed by atoms with Crippen LogP contribution in [0.4, 0.5) is 5.69 Å². The maximum absolute atomic E-state index is 12.5. The molecule has 0 spiro atoms. The van der Waals surface area contributed by atoms with Crippen molar-refractivity contribution in [2.45, 2.75) is 19.0 Å². The molecule has 4 aromatic rings. The third-order valence-electron chi connectivity index (χ3n) is 4.25. The smallest absolute Gasteiger partial charge is 0.234 e. The van der Waals surface area contributed by atoms with Gasteiger partial charge in [-0.1, -0.05) is 30.0 Å². The summed E-state index contributed by atoms with van der Waals surface area (Å²) in [5.74, 6) is 1.29. The van der Waals surface area contributed by atoms with Gasteiger partial charge in [0.15, 0.2) is 5.76 Å². The Morgan fingerprint density at radius 2 is 1.82 bits per heavy atom. The summed E-state index contributed by atoms with van der Waals surface area (Å²) < 4.78 is 9.14. The molecule has 0 fully saturated rings. The van der Waals surface area contributed by atoms with Gasteiger partial charge in [0.05, 0.1) is 12.0 Å². The molecular formula is C20H19N5O2S. The lowest BCUT2D eigenvalue weighted by atomic mass is 10.1. The summed E-state index contributed by atoms with van der Waals surface area (Å²) in [6.07, 6.45) is 5.36. The highest BCUT2D eigenvalue weighted by atomic mass is 32.2. The summed E-state index contributed by atoms with van der Waals surface area (Å²) in [5, 5.41) is 12.1. The first kappa shape index (κ1) is 18.1.